The minimum absolute atomic E-state index is 0. The van der Waals surface area contributed by atoms with Crippen molar-refractivity contribution in [3.8, 4) is 0 Å². The van der Waals surface area contributed by atoms with Gasteiger partial charge in [0.25, 0.3) is 0 Å². The molecule has 0 spiro atoms. The van der Waals surface area contributed by atoms with Gasteiger partial charge in [0.15, 0.2) is 0 Å². The van der Waals surface area contributed by atoms with E-state index in [0.717, 1.165) is 0 Å². The summed E-state index contributed by atoms with van der Waals surface area (Å²) in [5.74, 6) is 0. The summed E-state index contributed by atoms with van der Waals surface area (Å²) in [5, 5.41) is 0. The molecule has 0 heterocycles. The first-order valence-corrected chi connectivity index (χ1v) is 5.63. The van der Waals surface area contributed by atoms with Crippen molar-refractivity contribution in [3.63, 3.8) is 0 Å². The molecule has 0 unspecified atom stereocenters. The molecule has 0 aromatic heterocycles. The summed E-state index contributed by atoms with van der Waals surface area (Å²) in [5.41, 5.74) is 0. The summed E-state index contributed by atoms with van der Waals surface area (Å²) in [6, 6.07) is 0. The van der Waals surface area contributed by atoms with Gasteiger partial charge in [0, 0.05) is 0 Å². The molecule has 0 saturated carbocycles. The van der Waals surface area contributed by atoms with Crippen LogP contribution < -0.4 is 18.9 Å². The van der Waals surface area contributed by atoms with E-state index in [1.165, 1.54) is 0 Å². The molecule has 0 bridgehead atoms. The van der Waals surface area contributed by atoms with Crippen molar-refractivity contribution in [2.24, 2.45) is 0 Å². The summed E-state index contributed by atoms with van der Waals surface area (Å²) in [7, 11) is 3.01. The number of hydrogen-bond donors (Lipinski definition) is 0. The molecule has 0 atom stereocenters. The third-order valence-corrected chi connectivity index (χ3v) is 3.63. The van der Waals surface area contributed by atoms with Crippen molar-refractivity contribution in [1.82, 2.24) is 4.57 Å². The van der Waals surface area contributed by atoms with Crippen molar-refractivity contribution in [2.75, 3.05) is 14.1 Å². The molecule has 0 aliphatic carbocycles. The van der Waals surface area contributed by atoms with Crippen LogP contribution in [-0.4, -0.2) is 26.9 Å². The van der Waals surface area contributed by atoms with Crippen LogP contribution in [0.5, 0.6) is 0 Å². The Bertz CT molecular complexity index is 57.9. The molecular weight excluding hydrogens is 109 g/mol. The van der Waals surface area contributed by atoms with E-state index < -0.39 is 8.24 Å². The number of hydrogen-bond acceptors (Lipinski definition) is 1. The van der Waals surface area contributed by atoms with Gasteiger partial charge in [-0.1, -0.05) is 13.1 Å². The van der Waals surface area contributed by atoms with Crippen LogP contribution in [0, 0.1) is 6.55 Å². The van der Waals surface area contributed by atoms with Crippen LogP contribution in [0.1, 0.15) is 0 Å². The zero-order valence-electron chi connectivity index (χ0n) is 6.65. The van der Waals surface area contributed by atoms with Crippen molar-refractivity contribution in [3.05, 3.63) is 6.55 Å². The zero-order chi connectivity index (χ0) is 6.08. The second kappa shape index (κ2) is 3.73. The molecule has 0 radical (unpaired) electrons. The van der Waals surface area contributed by atoms with Crippen LogP contribution in [0.2, 0.25) is 13.1 Å². The number of rotatable bonds is 1. The predicted octanol–water partition coefficient (Wildman–Crippen LogP) is -1.87. The average molecular weight is 123 g/mol. The Hall–Kier alpha value is 0.774. The van der Waals surface area contributed by atoms with Gasteiger partial charge in [-0.3, -0.25) is 0 Å². The third kappa shape index (κ3) is 4.92. The topological polar surface area (TPSA) is 3.24 Å². The van der Waals surface area contributed by atoms with Crippen LogP contribution in [-0.2, 0) is 0 Å². The second-order valence-corrected chi connectivity index (χ2v) is 7.23. The normalized spacial score (nSPS) is 11.2. The third-order valence-electron chi connectivity index (χ3n) is 1.21. The van der Waals surface area contributed by atoms with E-state index in [0.29, 0.717) is 0 Å². The molecule has 0 aromatic rings. The first-order chi connectivity index (χ1) is 2.94. The molecule has 0 rings (SSSR count). The minimum Gasteiger partial charge on any atom is -0.357 e. The summed E-state index contributed by atoms with van der Waals surface area (Å²) in [4.78, 5) is 0. The summed E-state index contributed by atoms with van der Waals surface area (Å²) < 4.78 is 2.22. The van der Waals surface area contributed by atoms with Gasteiger partial charge in [0.2, 0.25) is 0 Å². The monoisotopic (exact) mass is 123 g/mol. The fourth-order valence-corrected chi connectivity index (χ4v) is 0. The molecule has 0 amide bonds. The molecule has 8 heavy (non-hydrogen) atoms. The molecule has 3 heteroatoms. The van der Waals surface area contributed by atoms with Crippen LogP contribution in [0.25, 0.3) is 0 Å². The minimum atomic E-state index is -1.15. The van der Waals surface area contributed by atoms with E-state index in [9.17, 15) is 0 Å². The first-order valence-electron chi connectivity index (χ1n) is 2.47. The van der Waals surface area contributed by atoms with Gasteiger partial charge in [-0.2, -0.15) is 0 Å². The van der Waals surface area contributed by atoms with Crippen LogP contribution in [0.4, 0.5) is 0 Å². The molecule has 0 aliphatic heterocycles. The first kappa shape index (κ1) is 11.6. The Balaban J connectivity index is 0. The Kier molecular flexibility index (Phi) is 5.39. The van der Waals surface area contributed by atoms with Crippen LogP contribution >= 0.6 is 0 Å². The average Bonchev–Trinajstić information content (AvgIpc) is 1.31. The van der Waals surface area contributed by atoms with E-state index in [1.807, 2.05) is 0 Å². The Morgan fingerprint density at radius 1 is 1.25 bits per heavy atom. The predicted molar refractivity (Wildman–Crippen MR) is 36.5 cm³/mol. The SMILES string of the molecule is [CH2-][Si](C)(C)N(C)C.[Li+]. The molecule has 0 N–H and O–H groups in total. The molecule has 1 nitrogen and oxygen atoms in total. The van der Waals surface area contributed by atoms with E-state index in [-0.39, 0.29) is 18.9 Å². The molecule has 0 fully saturated rings. The van der Waals surface area contributed by atoms with Crippen LogP contribution in [0.15, 0.2) is 0 Å². The Labute approximate surface area is 65.7 Å². The summed E-state index contributed by atoms with van der Waals surface area (Å²) >= 11 is 0. The van der Waals surface area contributed by atoms with E-state index >= 15 is 0 Å². The van der Waals surface area contributed by atoms with Gasteiger partial charge in [-0.15, -0.1) is 0 Å². The van der Waals surface area contributed by atoms with Crippen molar-refractivity contribution >= 4 is 8.24 Å². The van der Waals surface area contributed by atoms with Crippen molar-refractivity contribution < 1.29 is 18.9 Å². The fraction of sp³-hybridized carbons (Fsp3) is 0.800. The van der Waals surface area contributed by atoms with Gasteiger partial charge in [-0.05, 0) is 22.3 Å². The standard InChI is InChI=1S/C5H14NSi.Li/c1-6(2)7(3,4)5;/h3H2,1-2,4-5H3;/q-1;+1. The molecule has 0 aliphatic rings. The van der Waals surface area contributed by atoms with Crippen molar-refractivity contribution in [2.45, 2.75) is 13.1 Å². The maximum absolute atomic E-state index is 4.03. The zero-order valence-corrected chi connectivity index (χ0v) is 7.65. The smallest absolute Gasteiger partial charge is 0.357 e. The van der Waals surface area contributed by atoms with Gasteiger partial charge >= 0.3 is 18.9 Å². The van der Waals surface area contributed by atoms with Gasteiger partial charge < -0.3 is 11.1 Å². The quantitative estimate of drug-likeness (QED) is 0.292. The van der Waals surface area contributed by atoms with E-state index in [1.54, 1.807) is 0 Å². The molecular formula is C5H14LiNSi. The Morgan fingerprint density at radius 3 is 1.38 bits per heavy atom. The van der Waals surface area contributed by atoms with Crippen LogP contribution in [0.3, 0.4) is 0 Å². The summed E-state index contributed by atoms with van der Waals surface area (Å²) in [6.07, 6.45) is 0. The van der Waals surface area contributed by atoms with E-state index in [4.69, 9.17) is 0 Å². The maximum atomic E-state index is 4.03. The largest absolute Gasteiger partial charge is 1.00 e. The molecule has 0 saturated heterocycles. The van der Waals surface area contributed by atoms with E-state index in [2.05, 4.69) is 38.3 Å². The maximum Gasteiger partial charge on any atom is 1.00 e. The van der Waals surface area contributed by atoms with Gasteiger partial charge in [0.1, 0.15) is 0 Å². The number of nitrogens with zero attached hydrogens (tertiary/aromatic N) is 1. The van der Waals surface area contributed by atoms with Gasteiger partial charge in [-0.25, -0.2) is 0 Å². The second-order valence-electron chi connectivity index (χ2n) is 2.71. The summed E-state index contributed by atoms with van der Waals surface area (Å²) in [6.45, 7) is 8.47. The molecule has 0 aromatic carbocycles. The van der Waals surface area contributed by atoms with Crippen molar-refractivity contribution in [1.29, 1.82) is 0 Å². The Morgan fingerprint density at radius 2 is 1.38 bits per heavy atom. The van der Waals surface area contributed by atoms with Gasteiger partial charge in [0.05, 0.1) is 0 Å². The molecule has 44 valence electrons. The fourth-order valence-electron chi connectivity index (χ4n) is 0.